The van der Waals surface area contributed by atoms with E-state index >= 15 is 0 Å². The molecule has 4 nitrogen and oxygen atoms in total. The van der Waals surface area contributed by atoms with E-state index in [0.717, 1.165) is 6.54 Å². The molecule has 1 fully saturated rings. The smallest absolute Gasteiger partial charge is 0.169 e. The Balaban J connectivity index is 2.07. The molecule has 1 aromatic rings. The number of aromatic nitrogens is 3. The number of nitrogens with two attached hydrogens (primary N) is 1. The normalized spacial score (nSPS) is 18.0. The van der Waals surface area contributed by atoms with E-state index in [-0.39, 0.29) is 0 Å². The number of hydrogen-bond acceptors (Lipinski definition) is 3. The molecule has 1 aromatic heterocycles. The van der Waals surface area contributed by atoms with Crippen molar-refractivity contribution < 1.29 is 0 Å². The third-order valence-electron chi connectivity index (χ3n) is 3.03. The molecule has 15 heavy (non-hydrogen) atoms. The average molecular weight is 208 g/mol. The Morgan fingerprint density at radius 2 is 2.27 bits per heavy atom. The number of rotatable bonds is 5. The molecule has 0 saturated heterocycles. The fourth-order valence-electron chi connectivity index (χ4n) is 2.12. The molecule has 0 spiro atoms. The number of hydrogen-bond donors (Lipinski definition) is 1. The second-order valence-electron chi connectivity index (χ2n) is 4.71. The Hall–Kier alpha value is -1.06. The Morgan fingerprint density at radius 3 is 2.87 bits per heavy atom. The third-order valence-corrected chi connectivity index (χ3v) is 3.03. The predicted octanol–water partition coefficient (Wildman–Crippen LogP) is 2.17. The summed E-state index contributed by atoms with van der Waals surface area (Å²) < 4.78 is 2.02. The van der Waals surface area contributed by atoms with Crippen molar-refractivity contribution in [2.24, 2.45) is 5.92 Å². The molecule has 2 N–H and O–H groups in total. The zero-order chi connectivity index (χ0) is 10.8. The molecule has 0 aliphatic heterocycles. The lowest BCUT2D eigenvalue weighted by Crippen LogP contribution is -2.12. The first kappa shape index (κ1) is 10.5. The highest BCUT2D eigenvalue weighted by atomic mass is 15.4. The van der Waals surface area contributed by atoms with Gasteiger partial charge in [-0.25, -0.2) is 4.68 Å². The number of anilines is 1. The van der Waals surface area contributed by atoms with Crippen LogP contribution in [0.15, 0.2) is 0 Å². The first-order valence-electron chi connectivity index (χ1n) is 5.91. The molecule has 1 atom stereocenters. The first-order valence-corrected chi connectivity index (χ1v) is 5.91. The van der Waals surface area contributed by atoms with Gasteiger partial charge in [-0.05, 0) is 25.2 Å². The van der Waals surface area contributed by atoms with Gasteiger partial charge in [0.2, 0.25) is 0 Å². The summed E-state index contributed by atoms with van der Waals surface area (Å²) in [6, 6.07) is 0. The summed E-state index contributed by atoms with van der Waals surface area (Å²) in [5.41, 5.74) is 7.02. The summed E-state index contributed by atoms with van der Waals surface area (Å²) in [6.07, 6.45) is 4.97. The van der Waals surface area contributed by atoms with Gasteiger partial charge in [-0.15, -0.1) is 5.10 Å². The fourth-order valence-corrected chi connectivity index (χ4v) is 2.12. The van der Waals surface area contributed by atoms with Gasteiger partial charge in [0.25, 0.3) is 0 Å². The molecule has 1 aliphatic carbocycles. The van der Waals surface area contributed by atoms with Crippen molar-refractivity contribution in [1.82, 2.24) is 15.0 Å². The standard InChI is InChI=1S/C11H20N4/c1-3-4-8(2)7-15-10(9-5-6-9)11(12)13-14-15/h8-9H,3-7,12H2,1-2H3. The van der Waals surface area contributed by atoms with Gasteiger partial charge in [0, 0.05) is 12.5 Å². The quantitative estimate of drug-likeness (QED) is 0.806. The minimum absolute atomic E-state index is 0.633. The molecule has 0 amide bonds. The van der Waals surface area contributed by atoms with Crippen LogP contribution >= 0.6 is 0 Å². The van der Waals surface area contributed by atoms with Crippen molar-refractivity contribution in [3.63, 3.8) is 0 Å². The summed E-state index contributed by atoms with van der Waals surface area (Å²) in [4.78, 5) is 0. The molecule has 1 unspecified atom stereocenters. The van der Waals surface area contributed by atoms with Crippen LogP contribution in [0.25, 0.3) is 0 Å². The molecular weight excluding hydrogens is 188 g/mol. The monoisotopic (exact) mass is 208 g/mol. The Labute approximate surface area is 90.8 Å². The molecule has 84 valence electrons. The molecule has 0 bridgehead atoms. The molecule has 0 radical (unpaired) electrons. The molecule has 0 aromatic carbocycles. The Morgan fingerprint density at radius 1 is 1.53 bits per heavy atom. The van der Waals surface area contributed by atoms with E-state index in [2.05, 4.69) is 24.2 Å². The van der Waals surface area contributed by atoms with Crippen LogP contribution in [0.2, 0.25) is 0 Å². The van der Waals surface area contributed by atoms with E-state index in [4.69, 9.17) is 5.73 Å². The zero-order valence-corrected chi connectivity index (χ0v) is 9.61. The summed E-state index contributed by atoms with van der Waals surface area (Å²) in [6.45, 7) is 5.44. The first-order chi connectivity index (χ1) is 7.22. The Kier molecular flexibility index (Phi) is 2.93. The van der Waals surface area contributed by atoms with Gasteiger partial charge in [-0.2, -0.15) is 0 Å². The van der Waals surface area contributed by atoms with Gasteiger partial charge in [0.15, 0.2) is 5.82 Å². The van der Waals surface area contributed by atoms with E-state index in [0.29, 0.717) is 17.7 Å². The van der Waals surface area contributed by atoms with Crippen molar-refractivity contribution in [3.05, 3.63) is 5.69 Å². The highest BCUT2D eigenvalue weighted by Gasteiger charge is 2.30. The number of nitrogens with zero attached hydrogens (tertiary/aromatic N) is 3. The largest absolute Gasteiger partial charge is 0.381 e. The number of nitrogen functional groups attached to an aromatic ring is 1. The van der Waals surface area contributed by atoms with Gasteiger partial charge in [0.05, 0.1) is 5.69 Å². The van der Waals surface area contributed by atoms with Gasteiger partial charge in [-0.3, -0.25) is 0 Å². The van der Waals surface area contributed by atoms with Crippen LogP contribution in [0.4, 0.5) is 5.82 Å². The summed E-state index contributed by atoms with van der Waals surface area (Å²) in [5.74, 6) is 1.93. The van der Waals surface area contributed by atoms with Crippen molar-refractivity contribution in [1.29, 1.82) is 0 Å². The van der Waals surface area contributed by atoms with Crippen LogP contribution in [-0.2, 0) is 6.54 Å². The van der Waals surface area contributed by atoms with Crippen molar-refractivity contribution in [2.75, 3.05) is 5.73 Å². The molecule has 1 aliphatic rings. The van der Waals surface area contributed by atoms with E-state index in [1.54, 1.807) is 0 Å². The van der Waals surface area contributed by atoms with Crippen molar-refractivity contribution in [3.8, 4) is 0 Å². The van der Waals surface area contributed by atoms with Gasteiger partial charge in [-0.1, -0.05) is 25.5 Å². The Bertz CT molecular complexity index is 327. The van der Waals surface area contributed by atoms with Crippen LogP contribution in [0.3, 0.4) is 0 Å². The van der Waals surface area contributed by atoms with Crippen LogP contribution < -0.4 is 5.73 Å². The summed E-state index contributed by atoms with van der Waals surface area (Å²) in [7, 11) is 0. The lowest BCUT2D eigenvalue weighted by atomic mass is 10.1. The second-order valence-corrected chi connectivity index (χ2v) is 4.71. The molecule has 1 saturated carbocycles. The zero-order valence-electron chi connectivity index (χ0n) is 9.61. The average Bonchev–Trinajstić information content (AvgIpc) is 2.94. The van der Waals surface area contributed by atoms with Crippen molar-refractivity contribution >= 4 is 5.82 Å². The SMILES string of the molecule is CCCC(C)Cn1nnc(N)c1C1CC1. The van der Waals surface area contributed by atoms with Crippen LogP contribution in [-0.4, -0.2) is 15.0 Å². The molecule has 1 heterocycles. The second kappa shape index (κ2) is 4.21. The molecule has 4 heteroatoms. The topological polar surface area (TPSA) is 56.7 Å². The summed E-state index contributed by atoms with van der Waals surface area (Å²) >= 11 is 0. The maximum atomic E-state index is 5.84. The third kappa shape index (κ3) is 2.30. The lowest BCUT2D eigenvalue weighted by molar-refractivity contribution is 0.405. The minimum Gasteiger partial charge on any atom is -0.381 e. The van der Waals surface area contributed by atoms with E-state index in [1.165, 1.54) is 31.4 Å². The van der Waals surface area contributed by atoms with Gasteiger partial charge >= 0.3 is 0 Å². The van der Waals surface area contributed by atoms with Crippen LogP contribution in [0.1, 0.15) is 51.1 Å². The maximum absolute atomic E-state index is 5.84. The summed E-state index contributed by atoms with van der Waals surface area (Å²) in [5, 5.41) is 8.12. The minimum atomic E-state index is 0.633. The maximum Gasteiger partial charge on any atom is 0.169 e. The van der Waals surface area contributed by atoms with E-state index < -0.39 is 0 Å². The van der Waals surface area contributed by atoms with Gasteiger partial charge in [0.1, 0.15) is 0 Å². The highest BCUT2D eigenvalue weighted by Crippen LogP contribution is 2.42. The van der Waals surface area contributed by atoms with Gasteiger partial charge < -0.3 is 5.73 Å². The molecular formula is C11H20N4. The van der Waals surface area contributed by atoms with Crippen LogP contribution in [0, 0.1) is 5.92 Å². The van der Waals surface area contributed by atoms with E-state index in [1.807, 2.05) is 4.68 Å². The van der Waals surface area contributed by atoms with Crippen LogP contribution in [0.5, 0.6) is 0 Å². The highest BCUT2D eigenvalue weighted by molar-refractivity contribution is 5.38. The predicted molar refractivity (Wildman–Crippen MR) is 60.5 cm³/mol. The van der Waals surface area contributed by atoms with Crippen molar-refractivity contribution in [2.45, 2.75) is 52.0 Å². The van der Waals surface area contributed by atoms with E-state index in [9.17, 15) is 0 Å². The lowest BCUT2D eigenvalue weighted by Gasteiger charge is -2.11. The fraction of sp³-hybridized carbons (Fsp3) is 0.818. The molecule has 2 rings (SSSR count).